The number of hydrogen-bond donors (Lipinski definition) is 3. The minimum absolute atomic E-state index is 0.0298. The van der Waals surface area contributed by atoms with Gasteiger partial charge in [0.2, 0.25) is 10.0 Å². The Kier molecular flexibility index (Phi) is 5.79. The molecule has 3 aliphatic rings. The average Bonchev–Trinajstić information content (AvgIpc) is 2.74. The van der Waals surface area contributed by atoms with Gasteiger partial charge in [-0.15, -0.1) is 0 Å². The fourth-order valence-electron chi connectivity index (χ4n) is 5.15. The van der Waals surface area contributed by atoms with Gasteiger partial charge in [-0.1, -0.05) is 26.8 Å². The van der Waals surface area contributed by atoms with Crippen LogP contribution in [0.1, 0.15) is 39.2 Å². The topological polar surface area (TPSA) is 100 Å². The van der Waals surface area contributed by atoms with E-state index in [-0.39, 0.29) is 17.0 Å². The van der Waals surface area contributed by atoms with Gasteiger partial charge in [0, 0.05) is 30.7 Å². The van der Waals surface area contributed by atoms with E-state index in [1.807, 2.05) is 6.07 Å². The van der Waals surface area contributed by atoms with Crippen molar-refractivity contribution in [3.8, 4) is 0 Å². The maximum atomic E-state index is 12.9. The molecule has 2 aromatic rings. The number of benzene rings is 1. The number of pyridine rings is 1. The first-order valence-corrected chi connectivity index (χ1v) is 12.2. The van der Waals surface area contributed by atoms with Crippen LogP contribution in [0.2, 0.25) is 0 Å². The molecule has 3 N–H and O–H groups in total. The number of nitrogens with one attached hydrogen (secondary N) is 3. The predicted molar refractivity (Wildman–Crippen MR) is 120 cm³/mol. The Balaban J connectivity index is 1.33. The van der Waals surface area contributed by atoms with Crippen molar-refractivity contribution in [2.75, 3.05) is 5.32 Å². The highest BCUT2D eigenvalue weighted by molar-refractivity contribution is 7.89. The van der Waals surface area contributed by atoms with E-state index in [4.69, 9.17) is 0 Å². The number of amides is 2. The number of urea groups is 1. The fraction of sp³-hybridized carbons (Fsp3) is 0.478. The van der Waals surface area contributed by atoms with Crippen LogP contribution in [0.4, 0.5) is 10.5 Å². The number of carbonyl (C=O) groups is 1. The van der Waals surface area contributed by atoms with Crippen LogP contribution in [0.25, 0.3) is 0 Å². The second kappa shape index (κ2) is 8.24. The molecule has 1 heterocycles. The first-order chi connectivity index (χ1) is 14.7. The summed E-state index contributed by atoms with van der Waals surface area (Å²) in [6.07, 6.45) is 5.45. The van der Waals surface area contributed by atoms with Gasteiger partial charge < -0.3 is 10.6 Å². The van der Waals surface area contributed by atoms with Gasteiger partial charge in [0.05, 0.1) is 4.90 Å². The van der Waals surface area contributed by atoms with E-state index in [0.29, 0.717) is 35.4 Å². The molecule has 3 saturated carbocycles. The molecule has 1 aromatic heterocycles. The maximum absolute atomic E-state index is 12.9. The Morgan fingerprint density at radius 2 is 1.90 bits per heavy atom. The van der Waals surface area contributed by atoms with Crippen LogP contribution in [-0.2, 0) is 16.6 Å². The minimum atomic E-state index is -3.61. The van der Waals surface area contributed by atoms with Crippen molar-refractivity contribution in [1.29, 1.82) is 0 Å². The largest absolute Gasteiger partial charge is 0.334 e. The summed E-state index contributed by atoms with van der Waals surface area (Å²) in [6.45, 7) is 7.11. The molecule has 0 saturated heterocycles. The molecule has 2 bridgehead atoms. The van der Waals surface area contributed by atoms with E-state index in [1.165, 1.54) is 18.6 Å². The zero-order valence-electron chi connectivity index (χ0n) is 18.1. The van der Waals surface area contributed by atoms with Gasteiger partial charge in [-0.3, -0.25) is 4.98 Å². The van der Waals surface area contributed by atoms with Crippen LogP contribution in [-0.4, -0.2) is 25.5 Å². The summed E-state index contributed by atoms with van der Waals surface area (Å²) in [6, 6.07) is 9.53. The SMILES string of the molecule is C[C@H]1[C@@H](NS(=O)(=O)c2ccc(NC(=O)NCc3cccnc3)cc2)C[C@@H]2C[C@@H]1C2(C)C. The third kappa shape index (κ3) is 4.45. The van der Waals surface area contributed by atoms with E-state index in [2.05, 4.69) is 41.1 Å². The van der Waals surface area contributed by atoms with E-state index in [9.17, 15) is 13.2 Å². The summed E-state index contributed by atoms with van der Waals surface area (Å²) in [5, 5.41) is 5.46. The molecule has 0 spiro atoms. The molecule has 1 aromatic carbocycles. The van der Waals surface area contributed by atoms with Crippen LogP contribution in [0.15, 0.2) is 53.7 Å². The highest BCUT2D eigenvalue weighted by Crippen LogP contribution is 2.61. The Hall–Kier alpha value is -2.45. The predicted octanol–water partition coefficient (Wildman–Crippen LogP) is 3.75. The number of aromatic nitrogens is 1. The van der Waals surface area contributed by atoms with Crippen LogP contribution in [0.5, 0.6) is 0 Å². The number of carbonyl (C=O) groups excluding carboxylic acids is 1. The fourth-order valence-corrected chi connectivity index (χ4v) is 6.49. The molecule has 7 nitrogen and oxygen atoms in total. The smallest absolute Gasteiger partial charge is 0.319 e. The molecule has 4 atom stereocenters. The lowest BCUT2D eigenvalue weighted by atomic mass is 9.45. The van der Waals surface area contributed by atoms with Crippen molar-refractivity contribution < 1.29 is 13.2 Å². The number of anilines is 1. The normalized spacial score (nSPS) is 26.5. The van der Waals surface area contributed by atoms with Crippen LogP contribution in [0, 0.1) is 23.2 Å². The standard InChI is InChI=1S/C23H30N4O3S/c1-15-20-11-17(23(20,2)3)12-21(15)27-31(29,30)19-8-6-18(7-9-19)26-22(28)25-14-16-5-4-10-24-13-16/h4-10,13,15,17,20-21,27H,11-12,14H2,1-3H3,(H2,25,26,28)/t15-,17+,20+,21+/m1/s1. The summed E-state index contributed by atoms with van der Waals surface area (Å²) >= 11 is 0. The first kappa shape index (κ1) is 21.8. The number of hydrogen-bond acceptors (Lipinski definition) is 4. The second-order valence-electron chi connectivity index (χ2n) is 9.38. The molecule has 3 fully saturated rings. The summed E-state index contributed by atoms with van der Waals surface area (Å²) in [4.78, 5) is 16.3. The lowest BCUT2D eigenvalue weighted by Crippen LogP contribution is -2.60. The maximum Gasteiger partial charge on any atom is 0.319 e. The van der Waals surface area contributed by atoms with Crippen molar-refractivity contribution in [1.82, 2.24) is 15.0 Å². The highest BCUT2D eigenvalue weighted by Gasteiger charge is 2.56. The molecule has 5 rings (SSSR count). The number of rotatable bonds is 6. The minimum Gasteiger partial charge on any atom is -0.334 e. The van der Waals surface area contributed by atoms with Crippen molar-refractivity contribution >= 4 is 21.7 Å². The van der Waals surface area contributed by atoms with E-state index in [1.54, 1.807) is 30.6 Å². The molecule has 0 aliphatic heterocycles. The lowest BCUT2D eigenvalue weighted by Gasteiger charge is -2.62. The molecule has 166 valence electrons. The molecule has 0 unspecified atom stereocenters. The van der Waals surface area contributed by atoms with Crippen LogP contribution in [0.3, 0.4) is 0 Å². The summed E-state index contributed by atoms with van der Waals surface area (Å²) in [5.41, 5.74) is 1.73. The molecule has 31 heavy (non-hydrogen) atoms. The zero-order chi connectivity index (χ0) is 22.2. The Labute approximate surface area is 184 Å². The number of fused-ring (bicyclic) bond motifs is 2. The molecular formula is C23H30N4O3S. The molecule has 3 aliphatic carbocycles. The van der Waals surface area contributed by atoms with E-state index < -0.39 is 10.0 Å². The number of nitrogens with zero attached hydrogens (tertiary/aromatic N) is 1. The van der Waals surface area contributed by atoms with Crippen molar-refractivity contribution in [2.24, 2.45) is 23.2 Å². The molecule has 2 amide bonds. The van der Waals surface area contributed by atoms with Gasteiger partial charge in [-0.05, 0) is 71.9 Å². The Bertz CT molecular complexity index is 1040. The summed E-state index contributed by atoms with van der Waals surface area (Å²) < 4.78 is 28.7. The third-order valence-electron chi connectivity index (χ3n) is 7.26. The van der Waals surface area contributed by atoms with Gasteiger partial charge in [-0.2, -0.15) is 0 Å². The van der Waals surface area contributed by atoms with Gasteiger partial charge in [-0.25, -0.2) is 17.9 Å². The third-order valence-corrected chi connectivity index (χ3v) is 8.76. The van der Waals surface area contributed by atoms with Gasteiger partial charge in [0.1, 0.15) is 0 Å². The number of sulfonamides is 1. The van der Waals surface area contributed by atoms with Gasteiger partial charge in [0.25, 0.3) is 0 Å². The van der Waals surface area contributed by atoms with Crippen LogP contribution >= 0.6 is 0 Å². The second-order valence-corrected chi connectivity index (χ2v) is 11.1. The molecular weight excluding hydrogens is 412 g/mol. The zero-order valence-corrected chi connectivity index (χ0v) is 18.9. The Morgan fingerprint density at radius 1 is 1.16 bits per heavy atom. The van der Waals surface area contributed by atoms with Crippen molar-refractivity contribution in [3.05, 3.63) is 54.4 Å². The quantitative estimate of drug-likeness (QED) is 0.634. The first-order valence-electron chi connectivity index (χ1n) is 10.7. The lowest BCUT2D eigenvalue weighted by molar-refractivity contribution is -0.111. The average molecular weight is 443 g/mol. The molecule has 0 radical (unpaired) electrons. The van der Waals surface area contributed by atoms with E-state index >= 15 is 0 Å². The van der Waals surface area contributed by atoms with E-state index in [0.717, 1.165) is 12.0 Å². The van der Waals surface area contributed by atoms with Gasteiger partial charge in [0.15, 0.2) is 0 Å². The monoisotopic (exact) mass is 442 g/mol. The Morgan fingerprint density at radius 3 is 2.52 bits per heavy atom. The summed E-state index contributed by atoms with van der Waals surface area (Å²) in [5.74, 6) is 1.47. The molecule has 8 heteroatoms. The van der Waals surface area contributed by atoms with Crippen molar-refractivity contribution in [3.63, 3.8) is 0 Å². The van der Waals surface area contributed by atoms with Gasteiger partial charge >= 0.3 is 6.03 Å². The van der Waals surface area contributed by atoms with Crippen LogP contribution < -0.4 is 15.4 Å². The van der Waals surface area contributed by atoms with Crippen molar-refractivity contribution in [2.45, 2.75) is 51.1 Å². The summed E-state index contributed by atoms with van der Waals surface area (Å²) in [7, 11) is -3.61. The highest BCUT2D eigenvalue weighted by atomic mass is 32.2.